The zero-order valence-electron chi connectivity index (χ0n) is 12.1. The lowest BCUT2D eigenvalue weighted by Gasteiger charge is -2.48. The summed E-state index contributed by atoms with van der Waals surface area (Å²) < 4.78 is 5.73. The van der Waals surface area contributed by atoms with E-state index in [4.69, 9.17) is 4.74 Å². The van der Waals surface area contributed by atoms with E-state index in [0.29, 0.717) is 25.9 Å². The number of hydrogen-bond acceptors (Lipinski definition) is 3. The van der Waals surface area contributed by atoms with Gasteiger partial charge in [-0.1, -0.05) is 24.3 Å². The molecular weight excluding hydrogens is 250 g/mol. The highest BCUT2D eigenvalue weighted by Gasteiger charge is 2.58. The summed E-state index contributed by atoms with van der Waals surface area (Å²) in [6.45, 7) is 4.49. The first-order chi connectivity index (χ1) is 9.43. The van der Waals surface area contributed by atoms with Crippen LogP contribution in [0.25, 0.3) is 0 Å². The molecule has 0 saturated carbocycles. The van der Waals surface area contributed by atoms with E-state index in [1.165, 1.54) is 5.56 Å². The Morgan fingerprint density at radius 1 is 1.25 bits per heavy atom. The number of aliphatic hydroxyl groups is 1. The molecule has 2 atom stereocenters. The molecular formula is C17H21NO2. The van der Waals surface area contributed by atoms with Crippen LogP contribution < -0.4 is 0 Å². The lowest BCUT2D eigenvalue weighted by molar-refractivity contribution is -0.165. The predicted octanol–water partition coefficient (Wildman–Crippen LogP) is 2.71. The van der Waals surface area contributed by atoms with Crippen molar-refractivity contribution in [2.45, 2.75) is 56.1 Å². The molecule has 0 bridgehead atoms. The second kappa shape index (κ2) is 4.31. The van der Waals surface area contributed by atoms with Crippen LogP contribution in [0.15, 0.2) is 24.3 Å². The summed E-state index contributed by atoms with van der Waals surface area (Å²) in [7, 11) is 0. The van der Waals surface area contributed by atoms with Crippen LogP contribution in [-0.4, -0.2) is 22.9 Å². The van der Waals surface area contributed by atoms with Gasteiger partial charge < -0.3 is 9.84 Å². The van der Waals surface area contributed by atoms with E-state index in [9.17, 15) is 10.4 Å². The maximum Gasteiger partial charge on any atom is 0.112 e. The Hall–Kier alpha value is -1.37. The third-order valence-electron chi connectivity index (χ3n) is 4.96. The van der Waals surface area contributed by atoms with Gasteiger partial charge in [0.1, 0.15) is 5.41 Å². The number of ether oxygens (including phenoxy) is 1. The van der Waals surface area contributed by atoms with Crippen LogP contribution in [0.2, 0.25) is 0 Å². The smallest absolute Gasteiger partial charge is 0.112 e. The van der Waals surface area contributed by atoms with Gasteiger partial charge in [-0.05, 0) is 37.8 Å². The molecule has 1 aromatic carbocycles. The molecule has 1 heterocycles. The van der Waals surface area contributed by atoms with E-state index < -0.39 is 11.0 Å². The Morgan fingerprint density at radius 3 is 2.70 bits per heavy atom. The molecule has 3 rings (SSSR count). The standard InChI is InChI=1S/C17H21NO2/c1-15(2)11-17(19,9-10-20-15)16(12-18)8-7-13-5-3-4-6-14(13)16/h3-6,19H,7-11H2,1-2H3. The van der Waals surface area contributed by atoms with Crippen molar-refractivity contribution in [2.24, 2.45) is 0 Å². The number of aryl methyl sites for hydroxylation is 1. The average molecular weight is 271 g/mol. The molecule has 1 saturated heterocycles. The highest BCUT2D eigenvalue weighted by atomic mass is 16.5. The SMILES string of the molecule is CC1(C)CC(O)(C2(C#N)CCc3ccccc32)CCO1. The molecule has 2 unspecified atom stereocenters. The van der Waals surface area contributed by atoms with Crippen molar-refractivity contribution in [1.29, 1.82) is 5.26 Å². The van der Waals surface area contributed by atoms with Crippen LogP contribution in [0.3, 0.4) is 0 Å². The topological polar surface area (TPSA) is 53.2 Å². The minimum atomic E-state index is -1.00. The number of nitriles is 1. The van der Waals surface area contributed by atoms with Gasteiger partial charge in [0.15, 0.2) is 0 Å². The first-order valence-electron chi connectivity index (χ1n) is 7.29. The highest BCUT2D eigenvalue weighted by Crippen LogP contribution is 2.52. The third-order valence-corrected chi connectivity index (χ3v) is 4.96. The Labute approximate surface area is 120 Å². The maximum atomic E-state index is 11.3. The van der Waals surface area contributed by atoms with Crippen molar-refractivity contribution < 1.29 is 9.84 Å². The summed E-state index contributed by atoms with van der Waals surface area (Å²) in [6, 6.07) is 10.5. The Kier molecular flexibility index (Phi) is 2.93. The second-order valence-electron chi connectivity index (χ2n) is 6.74. The second-order valence-corrected chi connectivity index (χ2v) is 6.74. The zero-order chi connectivity index (χ0) is 14.4. The van der Waals surface area contributed by atoms with Crippen LogP contribution in [0.1, 0.15) is 44.2 Å². The summed E-state index contributed by atoms with van der Waals surface area (Å²) in [6.07, 6.45) is 2.60. The Morgan fingerprint density at radius 2 is 2.00 bits per heavy atom. The maximum absolute atomic E-state index is 11.3. The molecule has 0 aromatic heterocycles. The first-order valence-corrected chi connectivity index (χ1v) is 7.29. The van der Waals surface area contributed by atoms with Gasteiger partial charge in [-0.15, -0.1) is 0 Å². The summed E-state index contributed by atoms with van der Waals surface area (Å²) >= 11 is 0. The quantitative estimate of drug-likeness (QED) is 0.854. The predicted molar refractivity (Wildman–Crippen MR) is 76.3 cm³/mol. The molecule has 20 heavy (non-hydrogen) atoms. The van der Waals surface area contributed by atoms with Gasteiger partial charge in [0, 0.05) is 12.8 Å². The van der Waals surface area contributed by atoms with Gasteiger partial charge in [-0.25, -0.2) is 0 Å². The van der Waals surface area contributed by atoms with E-state index in [2.05, 4.69) is 12.1 Å². The van der Waals surface area contributed by atoms with Gasteiger partial charge in [0.2, 0.25) is 0 Å². The molecule has 2 aliphatic rings. The van der Waals surface area contributed by atoms with Crippen LogP contribution in [0.5, 0.6) is 0 Å². The number of benzene rings is 1. The number of hydrogen-bond donors (Lipinski definition) is 1. The van der Waals surface area contributed by atoms with Gasteiger partial charge in [0.25, 0.3) is 0 Å². The summed E-state index contributed by atoms with van der Waals surface area (Å²) in [5, 5.41) is 21.2. The fourth-order valence-electron chi connectivity index (χ4n) is 4.02. The lowest BCUT2D eigenvalue weighted by atomic mass is 9.63. The molecule has 0 spiro atoms. The zero-order valence-corrected chi connectivity index (χ0v) is 12.1. The monoisotopic (exact) mass is 271 g/mol. The first kappa shape index (κ1) is 13.6. The normalized spacial score (nSPS) is 35.3. The summed E-state index contributed by atoms with van der Waals surface area (Å²) in [5.74, 6) is 0. The van der Waals surface area contributed by atoms with E-state index in [-0.39, 0.29) is 5.60 Å². The minimum Gasteiger partial charge on any atom is -0.388 e. The van der Waals surface area contributed by atoms with E-state index in [1.807, 2.05) is 32.0 Å². The molecule has 0 amide bonds. The summed E-state index contributed by atoms with van der Waals surface area (Å²) in [4.78, 5) is 0. The highest BCUT2D eigenvalue weighted by molar-refractivity contribution is 5.47. The molecule has 3 nitrogen and oxygen atoms in total. The number of nitrogens with zero attached hydrogens (tertiary/aromatic N) is 1. The largest absolute Gasteiger partial charge is 0.388 e. The van der Waals surface area contributed by atoms with Gasteiger partial charge >= 0.3 is 0 Å². The van der Waals surface area contributed by atoms with Crippen LogP contribution in [0.4, 0.5) is 0 Å². The lowest BCUT2D eigenvalue weighted by Crippen LogP contribution is -2.57. The molecule has 1 aromatic rings. The van der Waals surface area contributed by atoms with Crippen molar-refractivity contribution in [1.82, 2.24) is 0 Å². The molecule has 1 aliphatic heterocycles. The van der Waals surface area contributed by atoms with Crippen molar-refractivity contribution in [3.63, 3.8) is 0 Å². The Bertz CT molecular complexity index is 575. The van der Waals surface area contributed by atoms with Crippen LogP contribution >= 0.6 is 0 Å². The third kappa shape index (κ3) is 1.79. The molecule has 1 N–H and O–H groups in total. The minimum absolute atomic E-state index is 0.381. The van der Waals surface area contributed by atoms with Crippen molar-refractivity contribution in [2.75, 3.05) is 6.61 Å². The molecule has 3 heteroatoms. The Balaban J connectivity index is 2.09. The fourth-order valence-corrected chi connectivity index (χ4v) is 4.02. The molecule has 0 radical (unpaired) electrons. The van der Waals surface area contributed by atoms with E-state index >= 15 is 0 Å². The van der Waals surface area contributed by atoms with Crippen LogP contribution in [-0.2, 0) is 16.6 Å². The molecule has 1 aliphatic carbocycles. The van der Waals surface area contributed by atoms with Gasteiger partial charge in [0.05, 0.1) is 23.9 Å². The average Bonchev–Trinajstić information content (AvgIpc) is 2.77. The molecule has 106 valence electrons. The van der Waals surface area contributed by atoms with Gasteiger partial charge in [-0.2, -0.15) is 5.26 Å². The van der Waals surface area contributed by atoms with Crippen molar-refractivity contribution in [3.05, 3.63) is 35.4 Å². The van der Waals surface area contributed by atoms with E-state index in [0.717, 1.165) is 12.0 Å². The van der Waals surface area contributed by atoms with Crippen molar-refractivity contribution in [3.8, 4) is 6.07 Å². The molecule has 1 fully saturated rings. The fraction of sp³-hybridized carbons (Fsp3) is 0.588. The van der Waals surface area contributed by atoms with Crippen LogP contribution in [0, 0.1) is 11.3 Å². The van der Waals surface area contributed by atoms with Crippen molar-refractivity contribution >= 4 is 0 Å². The summed E-state index contributed by atoms with van der Waals surface area (Å²) in [5.41, 5.74) is 0.0456. The van der Waals surface area contributed by atoms with Gasteiger partial charge in [-0.3, -0.25) is 0 Å². The number of rotatable bonds is 1. The van der Waals surface area contributed by atoms with E-state index in [1.54, 1.807) is 0 Å². The number of fused-ring (bicyclic) bond motifs is 1.